The maximum Gasteiger partial charge on any atom is 0.255 e. The monoisotopic (exact) mass is 478 g/mol. The van der Waals surface area contributed by atoms with Crippen molar-refractivity contribution < 1.29 is 18.7 Å². The normalized spacial score (nSPS) is 20.0. The van der Waals surface area contributed by atoms with E-state index in [0.717, 1.165) is 31.2 Å². The lowest BCUT2D eigenvalue weighted by atomic mass is 9.91. The summed E-state index contributed by atoms with van der Waals surface area (Å²) in [5.74, 6) is 0.653. The molecule has 35 heavy (non-hydrogen) atoms. The van der Waals surface area contributed by atoms with Gasteiger partial charge >= 0.3 is 0 Å². The molecule has 8 heteroatoms. The van der Waals surface area contributed by atoms with Crippen LogP contribution in [-0.2, 0) is 4.79 Å². The van der Waals surface area contributed by atoms with E-state index < -0.39 is 0 Å². The average molecular weight is 479 g/mol. The molecule has 0 unspecified atom stereocenters. The van der Waals surface area contributed by atoms with Crippen LogP contribution in [0.3, 0.4) is 0 Å². The minimum atomic E-state index is -0.347. The molecule has 0 atom stereocenters. The molecule has 7 nitrogen and oxygen atoms in total. The maximum absolute atomic E-state index is 14.2. The molecule has 2 saturated carbocycles. The van der Waals surface area contributed by atoms with Crippen LogP contribution in [0.4, 0.5) is 4.39 Å². The fourth-order valence-corrected chi connectivity index (χ4v) is 4.97. The summed E-state index contributed by atoms with van der Waals surface area (Å²) < 4.78 is 20.3. The van der Waals surface area contributed by atoms with Crippen molar-refractivity contribution in [3.8, 4) is 16.9 Å². The van der Waals surface area contributed by atoms with Crippen molar-refractivity contribution in [1.29, 1.82) is 0 Å². The molecule has 0 aliphatic heterocycles. The summed E-state index contributed by atoms with van der Waals surface area (Å²) in [4.78, 5) is 32.4. The highest BCUT2D eigenvalue weighted by atomic mass is 19.1. The van der Waals surface area contributed by atoms with Crippen molar-refractivity contribution in [1.82, 2.24) is 20.6 Å². The second-order valence-electron chi connectivity index (χ2n) is 9.82. The van der Waals surface area contributed by atoms with Gasteiger partial charge in [0.15, 0.2) is 0 Å². The maximum atomic E-state index is 14.2. The fourth-order valence-electron chi connectivity index (χ4n) is 4.97. The summed E-state index contributed by atoms with van der Waals surface area (Å²) in [7, 11) is 0. The summed E-state index contributed by atoms with van der Waals surface area (Å²) in [5, 5.41) is 6.11. The van der Waals surface area contributed by atoms with Gasteiger partial charge in [-0.05, 0) is 75.6 Å². The zero-order valence-electron chi connectivity index (χ0n) is 20.1. The van der Waals surface area contributed by atoms with E-state index in [1.807, 2.05) is 13.0 Å². The number of pyridine rings is 1. The van der Waals surface area contributed by atoms with E-state index in [1.165, 1.54) is 31.9 Å². The van der Waals surface area contributed by atoms with E-state index >= 15 is 0 Å². The van der Waals surface area contributed by atoms with Gasteiger partial charge < -0.3 is 20.4 Å². The molecule has 0 spiro atoms. The van der Waals surface area contributed by atoms with E-state index in [-0.39, 0.29) is 29.7 Å². The third-order valence-corrected chi connectivity index (χ3v) is 6.98. The van der Waals surface area contributed by atoms with Gasteiger partial charge in [0.25, 0.3) is 5.91 Å². The molecule has 2 aliphatic carbocycles. The number of carbonyl (C=O) groups excluding carboxylic acids is 2. The minimum Gasteiger partial charge on any atom is -0.493 e. The first kappa shape index (κ1) is 23.3. The smallest absolute Gasteiger partial charge is 0.255 e. The number of ether oxygens (including phenoxy) is 1. The van der Waals surface area contributed by atoms with Gasteiger partial charge in [-0.1, -0.05) is 0 Å². The first-order valence-electron chi connectivity index (χ1n) is 12.4. The Morgan fingerprint density at radius 2 is 1.77 bits per heavy atom. The number of carbonyl (C=O) groups is 2. The summed E-state index contributed by atoms with van der Waals surface area (Å²) in [6.07, 6.45) is 7.27. The van der Waals surface area contributed by atoms with Crippen molar-refractivity contribution >= 4 is 22.8 Å². The van der Waals surface area contributed by atoms with Crippen molar-refractivity contribution in [2.24, 2.45) is 5.92 Å². The number of nitrogens with one attached hydrogen (secondary N) is 3. The number of aromatic nitrogens is 2. The van der Waals surface area contributed by atoms with Gasteiger partial charge in [-0.3, -0.25) is 14.6 Å². The van der Waals surface area contributed by atoms with Crippen molar-refractivity contribution in [2.75, 3.05) is 6.61 Å². The number of aryl methyl sites for hydroxylation is 1. The fraction of sp³-hybridized carbons (Fsp3) is 0.444. The number of aromatic amines is 1. The molecule has 1 aromatic carbocycles. The average Bonchev–Trinajstić information content (AvgIpc) is 3.58. The topological polar surface area (TPSA) is 96.1 Å². The molecule has 2 aliphatic rings. The number of hydrogen-bond donors (Lipinski definition) is 3. The number of fused-ring (bicyclic) bond motifs is 1. The Hall–Kier alpha value is -3.42. The van der Waals surface area contributed by atoms with Crippen LogP contribution in [0.1, 0.15) is 61.5 Å². The molecule has 184 valence electrons. The molecule has 5 rings (SSSR count). The van der Waals surface area contributed by atoms with Gasteiger partial charge in [0.1, 0.15) is 17.1 Å². The van der Waals surface area contributed by atoms with Gasteiger partial charge in [-0.15, -0.1) is 0 Å². The Kier molecular flexibility index (Phi) is 6.45. The zero-order chi connectivity index (χ0) is 24.5. The Labute approximate surface area is 203 Å². The lowest BCUT2D eigenvalue weighted by molar-refractivity contribution is -0.119. The van der Waals surface area contributed by atoms with Gasteiger partial charge in [0.2, 0.25) is 5.91 Å². The first-order chi connectivity index (χ1) is 16.9. The predicted octanol–water partition coefficient (Wildman–Crippen LogP) is 4.64. The quantitative estimate of drug-likeness (QED) is 0.461. The Balaban J connectivity index is 1.40. The summed E-state index contributed by atoms with van der Waals surface area (Å²) in [6.45, 7) is 4.00. The van der Waals surface area contributed by atoms with E-state index in [9.17, 15) is 14.0 Å². The van der Waals surface area contributed by atoms with Crippen LogP contribution in [0.15, 0.2) is 30.5 Å². The standard InChI is InChI=1S/C27H31FN4O3/c1-15-24(27(34)32-20-8-6-19(7-9-20)31-16(2)33)26-25(30-15)21(11-12-29-26)22-13-18(28)5-10-23(22)35-14-17-3-4-17/h5,10-13,17,19-20,30H,3-4,6-9,14H2,1-2H3,(H,31,33)(H,32,34). The van der Waals surface area contributed by atoms with E-state index in [4.69, 9.17) is 4.74 Å². The number of rotatable bonds is 7. The highest BCUT2D eigenvalue weighted by Gasteiger charge is 2.27. The Bertz CT molecular complexity index is 1260. The molecule has 2 amide bonds. The molecular weight excluding hydrogens is 447 g/mol. The SMILES string of the molecule is CC(=O)NC1CCC(NC(=O)c2c(C)[nH]c3c(-c4cc(F)ccc4OCC4CC4)ccnc23)CC1. The number of nitrogens with zero attached hydrogens (tertiary/aromatic N) is 1. The van der Waals surface area contributed by atoms with Gasteiger partial charge in [0.05, 0.1) is 17.7 Å². The van der Waals surface area contributed by atoms with Crippen LogP contribution in [0, 0.1) is 18.7 Å². The van der Waals surface area contributed by atoms with Crippen LogP contribution in [0.2, 0.25) is 0 Å². The molecule has 2 heterocycles. The Morgan fingerprint density at radius 1 is 1.06 bits per heavy atom. The second kappa shape index (κ2) is 9.68. The summed E-state index contributed by atoms with van der Waals surface area (Å²) >= 11 is 0. The number of hydrogen-bond acceptors (Lipinski definition) is 4. The molecule has 2 aromatic heterocycles. The number of halogens is 1. The van der Waals surface area contributed by atoms with Crippen LogP contribution in [0.25, 0.3) is 22.2 Å². The molecule has 0 saturated heterocycles. The van der Waals surface area contributed by atoms with E-state index in [2.05, 4.69) is 20.6 Å². The predicted molar refractivity (Wildman–Crippen MR) is 132 cm³/mol. The molecule has 2 fully saturated rings. The van der Waals surface area contributed by atoms with E-state index in [1.54, 1.807) is 12.3 Å². The molecule has 3 N–H and O–H groups in total. The van der Waals surface area contributed by atoms with Crippen molar-refractivity contribution in [3.05, 3.63) is 47.5 Å². The largest absolute Gasteiger partial charge is 0.493 e. The van der Waals surface area contributed by atoms with Crippen LogP contribution in [-0.4, -0.2) is 40.5 Å². The number of benzene rings is 1. The van der Waals surface area contributed by atoms with Crippen LogP contribution >= 0.6 is 0 Å². The molecule has 0 bridgehead atoms. The highest BCUT2D eigenvalue weighted by Crippen LogP contribution is 2.38. The molecule has 3 aromatic rings. The van der Waals surface area contributed by atoms with Gasteiger partial charge in [0, 0.05) is 42.0 Å². The molecule has 0 radical (unpaired) electrons. The summed E-state index contributed by atoms with van der Waals surface area (Å²) in [5.41, 5.74) is 3.85. The third-order valence-electron chi connectivity index (χ3n) is 6.98. The highest BCUT2D eigenvalue weighted by molar-refractivity contribution is 6.09. The molecular formula is C27H31FN4O3. The second-order valence-corrected chi connectivity index (χ2v) is 9.82. The number of amides is 2. The summed E-state index contributed by atoms with van der Waals surface area (Å²) in [6, 6.07) is 6.58. The number of H-pyrrole nitrogens is 1. The van der Waals surface area contributed by atoms with Crippen LogP contribution in [0.5, 0.6) is 5.75 Å². The van der Waals surface area contributed by atoms with Crippen LogP contribution < -0.4 is 15.4 Å². The van der Waals surface area contributed by atoms with Crippen molar-refractivity contribution in [3.63, 3.8) is 0 Å². The van der Waals surface area contributed by atoms with Crippen molar-refractivity contribution in [2.45, 2.75) is 64.5 Å². The zero-order valence-corrected chi connectivity index (χ0v) is 20.1. The minimum absolute atomic E-state index is 0.0202. The lowest BCUT2D eigenvalue weighted by Gasteiger charge is -2.29. The van der Waals surface area contributed by atoms with E-state index in [0.29, 0.717) is 46.1 Å². The third kappa shape index (κ3) is 5.16. The lowest BCUT2D eigenvalue weighted by Crippen LogP contribution is -2.43. The van der Waals surface area contributed by atoms with Gasteiger partial charge in [-0.2, -0.15) is 0 Å². The van der Waals surface area contributed by atoms with Gasteiger partial charge in [-0.25, -0.2) is 4.39 Å². The Morgan fingerprint density at radius 3 is 2.46 bits per heavy atom. The first-order valence-corrected chi connectivity index (χ1v) is 12.4.